The second kappa shape index (κ2) is 12.8. The van der Waals surface area contributed by atoms with Crippen molar-refractivity contribution in [2.24, 2.45) is 0 Å². The molecule has 0 radical (unpaired) electrons. The van der Waals surface area contributed by atoms with Crippen LogP contribution in [0.3, 0.4) is 0 Å². The topological polar surface area (TPSA) is 84.2 Å². The molecule has 0 unspecified atom stereocenters. The van der Waals surface area contributed by atoms with E-state index in [-0.39, 0.29) is 25.9 Å². The zero-order chi connectivity index (χ0) is 11.4. The van der Waals surface area contributed by atoms with Gasteiger partial charge in [0.15, 0.2) is 0 Å². The minimum absolute atomic E-state index is 0.0694. The van der Waals surface area contributed by atoms with Gasteiger partial charge in [-0.05, 0) is 13.8 Å². The van der Waals surface area contributed by atoms with Crippen molar-refractivity contribution in [3.05, 3.63) is 0 Å². The Kier molecular flexibility index (Phi) is 14.8. The van der Waals surface area contributed by atoms with Crippen LogP contribution in [-0.4, -0.2) is 70.9 Å². The van der Waals surface area contributed by atoms with E-state index in [1.54, 1.807) is 18.7 Å². The monoisotopic (exact) mass is 209 g/mol. The van der Waals surface area contributed by atoms with Gasteiger partial charge in [0.1, 0.15) is 0 Å². The minimum atomic E-state index is -0.167. The Hall–Kier alpha value is -0.200. The van der Waals surface area contributed by atoms with Gasteiger partial charge < -0.3 is 20.4 Å². The number of aliphatic hydroxyl groups is 4. The van der Waals surface area contributed by atoms with E-state index < -0.39 is 0 Å². The van der Waals surface area contributed by atoms with Gasteiger partial charge in [-0.15, -0.1) is 0 Å². The van der Waals surface area contributed by atoms with Crippen molar-refractivity contribution in [1.82, 2.24) is 4.90 Å². The smallest absolute Gasteiger partial charge is 0.0558 e. The van der Waals surface area contributed by atoms with Gasteiger partial charge in [-0.1, -0.05) is 0 Å². The summed E-state index contributed by atoms with van der Waals surface area (Å²) in [5.74, 6) is 0. The van der Waals surface area contributed by atoms with Crippen LogP contribution in [0.15, 0.2) is 0 Å². The third-order valence-corrected chi connectivity index (χ3v) is 1.25. The highest BCUT2D eigenvalue weighted by molar-refractivity contribution is 4.54. The van der Waals surface area contributed by atoms with Gasteiger partial charge in [0.25, 0.3) is 0 Å². The van der Waals surface area contributed by atoms with E-state index in [0.717, 1.165) is 0 Å². The lowest BCUT2D eigenvalue weighted by Gasteiger charge is -2.17. The molecule has 0 rings (SSSR count). The van der Waals surface area contributed by atoms with Crippen LogP contribution in [0.2, 0.25) is 0 Å². The highest BCUT2D eigenvalue weighted by atomic mass is 16.3. The summed E-state index contributed by atoms with van der Waals surface area (Å²) in [6.07, 6.45) is -0.167. The quantitative estimate of drug-likeness (QED) is 0.435. The van der Waals surface area contributed by atoms with E-state index in [4.69, 9.17) is 20.4 Å². The molecule has 0 aromatic heterocycles. The van der Waals surface area contributed by atoms with Crippen molar-refractivity contribution in [1.29, 1.82) is 0 Å². The van der Waals surface area contributed by atoms with Crippen molar-refractivity contribution in [3.63, 3.8) is 0 Å². The molecule has 0 spiro atoms. The van der Waals surface area contributed by atoms with Crippen molar-refractivity contribution in [3.8, 4) is 0 Å². The zero-order valence-electron chi connectivity index (χ0n) is 9.06. The van der Waals surface area contributed by atoms with Crippen LogP contribution in [0.25, 0.3) is 0 Å². The molecular formula is C9H23NO4. The summed E-state index contributed by atoms with van der Waals surface area (Å²) in [6.45, 7) is 5.20. The molecular weight excluding hydrogens is 186 g/mol. The zero-order valence-corrected chi connectivity index (χ0v) is 9.06. The van der Waals surface area contributed by atoms with E-state index in [2.05, 4.69) is 0 Å². The van der Waals surface area contributed by atoms with Gasteiger partial charge in [-0.25, -0.2) is 0 Å². The molecule has 0 atom stereocenters. The molecule has 5 heteroatoms. The fraction of sp³-hybridized carbons (Fsp3) is 1.00. The van der Waals surface area contributed by atoms with Crippen LogP contribution in [-0.2, 0) is 0 Å². The Bertz CT molecular complexity index is 83.8. The minimum Gasteiger partial charge on any atom is -0.395 e. The lowest BCUT2D eigenvalue weighted by Crippen LogP contribution is -2.32. The molecule has 0 aromatic rings. The fourth-order valence-electron chi connectivity index (χ4n) is 0.760. The summed E-state index contributed by atoms with van der Waals surface area (Å²) in [4.78, 5) is 1.79. The second-order valence-corrected chi connectivity index (χ2v) is 3.11. The second-order valence-electron chi connectivity index (χ2n) is 3.11. The van der Waals surface area contributed by atoms with Crippen molar-refractivity contribution in [2.45, 2.75) is 20.0 Å². The van der Waals surface area contributed by atoms with Gasteiger partial charge >= 0.3 is 0 Å². The normalized spacial score (nSPS) is 10.3. The first-order valence-electron chi connectivity index (χ1n) is 4.81. The number of hydrogen-bond acceptors (Lipinski definition) is 5. The number of aliphatic hydroxyl groups excluding tert-OH is 4. The highest BCUT2D eigenvalue weighted by Gasteiger charge is 2.00. The Morgan fingerprint density at radius 3 is 1.21 bits per heavy atom. The van der Waals surface area contributed by atoms with E-state index >= 15 is 0 Å². The molecule has 0 aromatic carbocycles. The molecule has 14 heavy (non-hydrogen) atoms. The maximum atomic E-state index is 8.48. The van der Waals surface area contributed by atoms with Gasteiger partial charge in [0, 0.05) is 25.7 Å². The molecule has 0 heterocycles. The predicted molar refractivity (Wildman–Crippen MR) is 55.1 cm³/mol. The molecule has 5 nitrogen and oxygen atoms in total. The van der Waals surface area contributed by atoms with E-state index in [9.17, 15) is 0 Å². The summed E-state index contributed by atoms with van der Waals surface area (Å²) in [7, 11) is 0. The van der Waals surface area contributed by atoms with Crippen molar-refractivity contribution < 1.29 is 20.4 Å². The average molecular weight is 209 g/mol. The Morgan fingerprint density at radius 2 is 1.07 bits per heavy atom. The Balaban J connectivity index is 0. The van der Waals surface area contributed by atoms with Crippen molar-refractivity contribution in [2.75, 3.05) is 39.5 Å². The summed E-state index contributed by atoms with van der Waals surface area (Å²) in [5.41, 5.74) is 0. The predicted octanol–water partition coefficient (Wildman–Crippen LogP) is -1.35. The van der Waals surface area contributed by atoms with Crippen LogP contribution >= 0.6 is 0 Å². The number of hydrogen-bond donors (Lipinski definition) is 4. The molecule has 0 fully saturated rings. The lowest BCUT2D eigenvalue weighted by molar-refractivity contribution is 0.136. The summed E-state index contributed by atoms with van der Waals surface area (Å²) < 4.78 is 0. The SMILES string of the molecule is CC(C)O.OCCN(CCO)CCO. The van der Waals surface area contributed by atoms with Crippen LogP contribution < -0.4 is 0 Å². The third-order valence-electron chi connectivity index (χ3n) is 1.25. The van der Waals surface area contributed by atoms with Gasteiger partial charge in [0.2, 0.25) is 0 Å². The molecule has 0 bridgehead atoms. The molecule has 0 amide bonds. The van der Waals surface area contributed by atoms with Crippen LogP contribution in [0.5, 0.6) is 0 Å². The first-order valence-corrected chi connectivity index (χ1v) is 4.81. The van der Waals surface area contributed by atoms with Crippen molar-refractivity contribution >= 4 is 0 Å². The Morgan fingerprint density at radius 1 is 0.857 bits per heavy atom. The van der Waals surface area contributed by atoms with Gasteiger partial charge in [-0.3, -0.25) is 4.90 Å². The van der Waals surface area contributed by atoms with Crippen LogP contribution in [0, 0.1) is 0 Å². The van der Waals surface area contributed by atoms with Gasteiger partial charge in [0.05, 0.1) is 19.8 Å². The summed E-state index contributed by atoms with van der Waals surface area (Å²) >= 11 is 0. The standard InChI is InChI=1S/C6H15NO3.C3H8O/c8-4-1-7(2-5-9)3-6-10;1-3(2)4/h8-10H,1-6H2;3-4H,1-2H3. The summed E-state index contributed by atoms with van der Waals surface area (Å²) in [6, 6.07) is 0. The average Bonchev–Trinajstić information content (AvgIpc) is 2.04. The molecule has 0 saturated heterocycles. The fourth-order valence-corrected chi connectivity index (χ4v) is 0.760. The summed E-state index contributed by atoms with van der Waals surface area (Å²) in [5, 5.41) is 33.5. The molecule has 0 saturated carbocycles. The molecule has 4 N–H and O–H groups in total. The lowest BCUT2D eigenvalue weighted by atomic mass is 10.4. The van der Waals surface area contributed by atoms with Gasteiger partial charge in [-0.2, -0.15) is 0 Å². The maximum Gasteiger partial charge on any atom is 0.0558 e. The first-order chi connectivity index (χ1) is 6.58. The maximum absolute atomic E-state index is 8.48. The largest absolute Gasteiger partial charge is 0.395 e. The number of nitrogens with zero attached hydrogens (tertiary/aromatic N) is 1. The van der Waals surface area contributed by atoms with E-state index in [1.807, 2.05) is 0 Å². The molecule has 0 aliphatic heterocycles. The molecule has 0 aliphatic rings. The molecule has 0 aliphatic carbocycles. The molecule has 88 valence electrons. The van der Waals surface area contributed by atoms with E-state index in [1.165, 1.54) is 0 Å². The third kappa shape index (κ3) is 17.8. The first kappa shape index (κ1) is 16.2. The van der Waals surface area contributed by atoms with E-state index in [0.29, 0.717) is 19.6 Å². The van der Waals surface area contributed by atoms with Crippen LogP contribution in [0.4, 0.5) is 0 Å². The van der Waals surface area contributed by atoms with Crippen LogP contribution in [0.1, 0.15) is 13.8 Å². The Labute approximate surface area is 85.6 Å². The number of rotatable bonds is 6. The highest BCUT2D eigenvalue weighted by Crippen LogP contribution is 1.84.